The number of hydrogen-bond acceptors (Lipinski definition) is 4. The fourth-order valence-electron chi connectivity index (χ4n) is 1.61. The highest BCUT2D eigenvalue weighted by Gasteiger charge is 2.08. The summed E-state index contributed by atoms with van der Waals surface area (Å²) in [4.78, 5) is 20.1. The number of hydrogen-bond donors (Lipinski definition) is 0. The van der Waals surface area contributed by atoms with Crippen LogP contribution in [-0.2, 0) is 0 Å². The Morgan fingerprint density at radius 3 is 2.32 bits per heavy atom. The average Bonchev–Trinajstić information content (AvgIpc) is 2.36. The summed E-state index contributed by atoms with van der Waals surface area (Å²) < 4.78 is 5.31. The molecule has 0 amide bonds. The molecule has 2 aromatic rings. The lowest BCUT2D eigenvalue weighted by Gasteiger charge is -2.05. The summed E-state index contributed by atoms with van der Waals surface area (Å²) in [6.45, 7) is 3.61. The lowest BCUT2D eigenvalue weighted by molar-refractivity contribution is 0.0913. The van der Waals surface area contributed by atoms with E-state index >= 15 is 0 Å². The molecule has 0 aliphatic carbocycles. The van der Waals surface area contributed by atoms with Gasteiger partial charge in [-0.25, -0.2) is 9.97 Å². The van der Waals surface area contributed by atoms with Crippen LogP contribution in [-0.4, -0.2) is 22.4 Å². The lowest BCUT2D eigenvalue weighted by atomic mass is 10.1. The molecule has 0 aliphatic heterocycles. The first-order valence-electron chi connectivity index (χ1n) is 5.78. The van der Waals surface area contributed by atoms with Crippen molar-refractivity contribution < 1.29 is 9.53 Å². The van der Waals surface area contributed by atoms with Crippen molar-refractivity contribution in [3.63, 3.8) is 0 Å². The molecule has 0 saturated carbocycles. The number of halogens is 1. The Hall–Kier alpha value is -1.94. The number of carbonyl (C=O) groups is 1. The summed E-state index contributed by atoms with van der Waals surface area (Å²) in [6.07, 6.45) is 0. The molecule has 0 atom stereocenters. The molecule has 4 nitrogen and oxygen atoms in total. The minimum atomic E-state index is -0.139. The smallest absolute Gasteiger partial charge is 0.317 e. The maximum atomic E-state index is 11.9. The van der Waals surface area contributed by atoms with Crippen LogP contribution in [0.4, 0.5) is 0 Å². The molecule has 98 valence electrons. The maximum Gasteiger partial charge on any atom is 0.317 e. The van der Waals surface area contributed by atoms with E-state index in [-0.39, 0.29) is 18.4 Å². The van der Waals surface area contributed by atoms with Crippen molar-refractivity contribution in [1.29, 1.82) is 0 Å². The number of carbonyl (C=O) groups excluding carboxylic acids is 1. The Bertz CT molecular complexity index is 577. The largest absolute Gasteiger partial charge is 0.455 e. The first-order chi connectivity index (χ1) is 9.04. The fourth-order valence-corrected chi connectivity index (χ4v) is 1.73. The second-order valence-corrected chi connectivity index (χ2v) is 4.59. The molecule has 1 heterocycles. The summed E-state index contributed by atoms with van der Waals surface area (Å²) in [5, 5.41) is 0.593. The molecule has 0 fully saturated rings. The second-order valence-electron chi connectivity index (χ2n) is 4.15. The van der Waals surface area contributed by atoms with E-state index in [9.17, 15) is 4.79 Å². The summed E-state index contributed by atoms with van der Waals surface area (Å²) in [6, 6.07) is 8.73. The quantitative estimate of drug-likeness (QED) is 0.806. The molecule has 0 radical (unpaired) electrons. The number of rotatable bonds is 4. The minimum Gasteiger partial charge on any atom is -0.455 e. The van der Waals surface area contributed by atoms with Crippen LogP contribution in [0.25, 0.3) is 0 Å². The molecular weight excluding hydrogens is 264 g/mol. The van der Waals surface area contributed by atoms with Crippen molar-refractivity contribution in [1.82, 2.24) is 9.97 Å². The van der Waals surface area contributed by atoms with Crippen molar-refractivity contribution >= 4 is 17.4 Å². The molecule has 2 rings (SSSR count). The Labute approximate surface area is 116 Å². The van der Waals surface area contributed by atoms with E-state index < -0.39 is 0 Å². The number of benzene rings is 1. The summed E-state index contributed by atoms with van der Waals surface area (Å²) in [5.74, 6) is -0.139. The second kappa shape index (κ2) is 5.80. The molecule has 1 aromatic heterocycles. The van der Waals surface area contributed by atoms with Gasteiger partial charge in [-0.05, 0) is 44.2 Å². The highest BCUT2D eigenvalue weighted by molar-refractivity contribution is 6.30. The van der Waals surface area contributed by atoms with E-state index in [1.54, 1.807) is 24.3 Å². The van der Waals surface area contributed by atoms with Gasteiger partial charge in [-0.2, -0.15) is 0 Å². The van der Waals surface area contributed by atoms with E-state index in [1.165, 1.54) is 0 Å². The van der Waals surface area contributed by atoms with Crippen LogP contribution in [0.2, 0.25) is 5.02 Å². The van der Waals surface area contributed by atoms with Gasteiger partial charge in [0.15, 0.2) is 12.4 Å². The Morgan fingerprint density at radius 2 is 1.74 bits per heavy atom. The summed E-state index contributed by atoms with van der Waals surface area (Å²) in [7, 11) is 0. The van der Waals surface area contributed by atoms with E-state index in [4.69, 9.17) is 16.3 Å². The van der Waals surface area contributed by atoms with Crippen LogP contribution >= 0.6 is 11.6 Å². The number of Topliss-reactive ketones (excluding diaryl/α,β-unsaturated/α-hetero) is 1. The van der Waals surface area contributed by atoms with E-state index in [0.29, 0.717) is 10.6 Å². The number of ketones is 1. The number of aryl methyl sites for hydroxylation is 2. The first kappa shape index (κ1) is 13.5. The molecule has 0 N–H and O–H groups in total. The molecule has 0 bridgehead atoms. The van der Waals surface area contributed by atoms with Gasteiger partial charge >= 0.3 is 6.01 Å². The van der Waals surface area contributed by atoms with Crippen LogP contribution < -0.4 is 4.74 Å². The number of ether oxygens (including phenoxy) is 1. The SMILES string of the molecule is Cc1cc(C)nc(OCC(=O)c2ccc(Cl)cc2)n1. The van der Waals surface area contributed by atoms with E-state index in [1.807, 2.05) is 19.9 Å². The van der Waals surface area contributed by atoms with Gasteiger partial charge in [-0.1, -0.05) is 11.6 Å². The monoisotopic (exact) mass is 276 g/mol. The highest BCUT2D eigenvalue weighted by Crippen LogP contribution is 2.11. The highest BCUT2D eigenvalue weighted by atomic mass is 35.5. The third kappa shape index (κ3) is 3.76. The van der Waals surface area contributed by atoms with Crippen molar-refractivity contribution in [2.45, 2.75) is 13.8 Å². The molecule has 0 saturated heterocycles. The van der Waals surface area contributed by atoms with Gasteiger partial charge < -0.3 is 4.74 Å². The van der Waals surface area contributed by atoms with Crippen LogP contribution in [0.3, 0.4) is 0 Å². The van der Waals surface area contributed by atoms with Gasteiger partial charge in [0.05, 0.1) is 0 Å². The normalized spacial score (nSPS) is 10.3. The summed E-state index contributed by atoms with van der Waals surface area (Å²) in [5.41, 5.74) is 2.16. The zero-order chi connectivity index (χ0) is 13.8. The van der Waals surface area contributed by atoms with Crippen LogP contribution in [0, 0.1) is 13.8 Å². The van der Waals surface area contributed by atoms with Gasteiger partial charge in [0, 0.05) is 22.0 Å². The first-order valence-corrected chi connectivity index (χ1v) is 6.16. The van der Waals surface area contributed by atoms with Crippen LogP contribution in [0.1, 0.15) is 21.7 Å². The molecule has 5 heteroatoms. The Kier molecular flexibility index (Phi) is 4.12. The van der Waals surface area contributed by atoms with E-state index in [2.05, 4.69) is 9.97 Å². The van der Waals surface area contributed by atoms with Gasteiger partial charge in [0.2, 0.25) is 0 Å². The van der Waals surface area contributed by atoms with Crippen molar-refractivity contribution in [2.75, 3.05) is 6.61 Å². The number of nitrogens with zero attached hydrogens (tertiary/aromatic N) is 2. The van der Waals surface area contributed by atoms with Gasteiger partial charge in [-0.3, -0.25) is 4.79 Å². The predicted molar refractivity (Wildman–Crippen MR) is 72.8 cm³/mol. The third-order valence-corrected chi connectivity index (χ3v) is 2.71. The molecule has 0 spiro atoms. The minimum absolute atomic E-state index is 0.0927. The fraction of sp³-hybridized carbons (Fsp3) is 0.214. The standard InChI is InChI=1S/C14H13ClN2O2/c1-9-7-10(2)17-14(16-9)19-8-13(18)11-3-5-12(15)6-4-11/h3-7H,8H2,1-2H3. The molecule has 0 aliphatic rings. The van der Waals surface area contributed by atoms with Gasteiger partial charge in [0.25, 0.3) is 0 Å². The Balaban J connectivity index is 2.02. The van der Waals surface area contributed by atoms with Gasteiger partial charge in [-0.15, -0.1) is 0 Å². The number of aromatic nitrogens is 2. The average molecular weight is 277 g/mol. The third-order valence-electron chi connectivity index (χ3n) is 2.46. The van der Waals surface area contributed by atoms with Crippen molar-refractivity contribution in [3.8, 4) is 6.01 Å². The zero-order valence-corrected chi connectivity index (χ0v) is 11.4. The lowest BCUT2D eigenvalue weighted by Crippen LogP contribution is -2.13. The molecule has 0 unspecified atom stereocenters. The zero-order valence-electron chi connectivity index (χ0n) is 10.7. The topological polar surface area (TPSA) is 52.1 Å². The van der Waals surface area contributed by atoms with Crippen molar-refractivity contribution in [3.05, 3.63) is 52.3 Å². The van der Waals surface area contributed by atoms with E-state index in [0.717, 1.165) is 11.4 Å². The molecular formula is C14H13ClN2O2. The summed E-state index contributed by atoms with van der Waals surface area (Å²) >= 11 is 5.76. The Morgan fingerprint density at radius 1 is 1.16 bits per heavy atom. The van der Waals surface area contributed by atoms with Gasteiger partial charge in [0.1, 0.15) is 0 Å². The molecule has 19 heavy (non-hydrogen) atoms. The van der Waals surface area contributed by atoms with Crippen LogP contribution in [0.5, 0.6) is 6.01 Å². The molecule has 1 aromatic carbocycles. The van der Waals surface area contributed by atoms with Crippen molar-refractivity contribution in [2.24, 2.45) is 0 Å². The maximum absolute atomic E-state index is 11.9. The van der Waals surface area contributed by atoms with Crippen LogP contribution in [0.15, 0.2) is 30.3 Å². The predicted octanol–water partition coefficient (Wildman–Crippen LogP) is 3.01.